The first kappa shape index (κ1) is 12.7. The fourth-order valence-electron chi connectivity index (χ4n) is 1.94. The summed E-state index contributed by atoms with van der Waals surface area (Å²) in [6.07, 6.45) is 2.20. The van der Waals surface area contributed by atoms with Crippen LogP contribution in [-0.4, -0.2) is 10.7 Å². The lowest BCUT2D eigenvalue weighted by atomic mass is 9.82. The second-order valence-corrected chi connectivity index (χ2v) is 4.49. The van der Waals surface area contributed by atoms with Crippen molar-refractivity contribution in [2.45, 2.75) is 38.7 Å². The standard InChI is InChI=1S/C14H19NO/c1-3-7-13(11-15)14(2,16)10-12-8-5-4-6-9-12/h4-6,8-9,13,16H,3,7,10H2,1-2H3. The average Bonchev–Trinajstić information content (AvgIpc) is 2.26. The zero-order chi connectivity index (χ0) is 12.0. The second kappa shape index (κ2) is 5.67. The molecule has 0 bridgehead atoms. The van der Waals surface area contributed by atoms with Gasteiger partial charge in [-0.05, 0) is 18.9 Å². The van der Waals surface area contributed by atoms with Gasteiger partial charge >= 0.3 is 0 Å². The Balaban J connectivity index is 2.74. The van der Waals surface area contributed by atoms with E-state index in [-0.39, 0.29) is 5.92 Å². The van der Waals surface area contributed by atoms with E-state index in [1.165, 1.54) is 0 Å². The molecule has 0 aliphatic carbocycles. The summed E-state index contributed by atoms with van der Waals surface area (Å²) in [5, 5.41) is 19.4. The summed E-state index contributed by atoms with van der Waals surface area (Å²) >= 11 is 0. The van der Waals surface area contributed by atoms with Crippen molar-refractivity contribution in [1.29, 1.82) is 5.26 Å². The molecule has 0 aliphatic heterocycles. The number of hydrogen-bond donors (Lipinski definition) is 1. The van der Waals surface area contributed by atoms with Crippen LogP contribution in [0.15, 0.2) is 30.3 Å². The van der Waals surface area contributed by atoms with Crippen LogP contribution in [0.25, 0.3) is 0 Å². The van der Waals surface area contributed by atoms with Gasteiger partial charge in [-0.25, -0.2) is 0 Å². The predicted octanol–water partition coefficient (Wildman–Crippen LogP) is 2.92. The number of rotatable bonds is 5. The van der Waals surface area contributed by atoms with Gasteiger partial charge in [0.1, 0.15) is 0 Å². The molecule has 2 heteroatoms. The van der Waals surface area contributed by atoms with Gasteiger partial charge in [0.05, 0.1) is 17.6 Å². The number of nitrogens with zero attached hydrogens (tertiary/aromatic N) is 1. The highest BCUT2D eigenvalue weighted by Crippen LogP contribution is 2.25. The molecule has 0 spiro atoms. The Bertz CT molecular complexity index is 351. The summed E-state index contributed by atoms with van der Waals surface area (Å²) in [4.78, 5) is 0. The third-order valence-corrected chi connectivity index (χ3v) is 2.89. The van der Waals surface area contributed by atoms with E-state index in [1.807, 2.05) is 37.3 Å². The van der Waals surface area contributed by atoms with Gasteiger partial charge in [-0.2, -0.15) is 5.26 Å². The largest absolute Gasteiger partial charge is 0.388 e. The van der Waals surface area contributed by atoms with Gasteiger partial charge in [-0.15, -0.1) is 0 Å². The Hall–Kier alpha value is -1.33. The van der Waals surface area contributed by atoms with Crippen molar-refractivity contribution >= 4 is 0 Å². The maximum absolute atomic E-state index is 10.3. The molecule has 0 radical (unpaired) electrons. The number of hydrogen-bond acceptors (Lipinski definition) is 2. The van der Waals surface area contributed by atoms with Gasteiger partial charge in [-0.3, -0.25) is 0 Å². The smallest absolute Gasteiger partial charge is 0.0817 e. The van der Waals surface area contributed by atoms with E-state index in [0.29, 0.717) is 6.42 Å². The topological polar surface area (TPSA) is 44.0 Å². The molecule has 0 saturated heterocycles. The molecule has 1 N–H and O–H groups in total. The molecule has 2 nitrogen and oxygen atoms in total. The van der Waals surface area contributed by atoms with E-state index < -0.39 is 5.60 Å². The van der Waals surface area contributed by atoms with Crippen LogP contribution in [0.3, 0.4) is 0 Å². The summed E-state index contributed by atoms with van der Waals surface area (Å²) in [6.45, 7) is 3.78. The summed E-state index contributed by atoms with van der Waals surface area (Å²) < 4.78 is 0. The number of nitriles is 1. The molecule has 0 saturated carbocycles. The molecule has 86 valence electrons. The van der Waals surface area contributed by atoms with Crippen molar-refractivity contribution < 1.29 is 5.11 Å². The summed E-state index contributed by atoms with van der Waals surface area (Å²) in [7, 11) is 0. The molecular weight excluding hydrogens is 198 g/mol. The first-order chi connectivity index (χ1) is 7.60. The minimum absolute atomic E-state index is 0.294. The Kier molecular flexibility index (Phi) is 4.52. The molecule has 16 heavy (non-hydrogen) atoms. The Morgan fingerprint density at radius 2 is 2.00 bits per heavy atom. The van der Waals surface area contributed by atoms with Crippen LogP contribution in [0.4, 0.5) is 0 Å². The van der Waals surface area contributed by atoms with E-state index in [0.717, 1.165) is 18.4 Å². The molecule has 0 fully saturated rings. The highest BCUT2D eigenvalue weighted by Gasteiger charge is 2.31. The van der Waals surface area contributed by atoms with Crippen LogP contribution in [-0.2, 0) is 6.42 Å². The molecule has 0 amide bonds. The van der Waals surface area contributed by atoms with Crippen molar-refractivity contribution in [1.82, 2.24) is 0 Å². The molecule has 2 unspecified atom stereocenters. The SMILES string of the molecule is CCCC(C#N)C(C)(O)Cc1ccccc1. The van der Waals surface area contributed by atoms with Crippen LogP contribution in [0, 0.1) is 17.2 Å². The number of aliphatic hydroxyl groups is 1. The van der Waals surface area contributed by atoms with Crippen molar-refractivity contribution in [2.24, 2.45) is 5.92 Å². The zero-order valence-electron chi connectivity index (χ0n) is 9.98. The molecule has 0 heterocycles. The molecule has 0 aromatic heterocycles. The van der Waals surface area contributed by atoms with Crippen LogP contribution in [0.2, 0.25) is 0 Å². The monoisotopic (exact) mass is 217 g/mol. The van der Waals surface area contributed by atoms with Gasteiger partial charge in [-0.1, -0.05) is 43.7 Å². The van der Waals surface area contributed by atoms with Crippen LogP contribution in [0.5, 0.6) is 0 Å². The minimum atomic E-state index is -0.938. The van der Waals surface area contributed by atoms with E-state index >= 15 is 0 Å². The maximum Gasteiger partial charge on any atom is 0.0817 e. The van der Waals surface area contributed by atoms with Crippen molar-refractivity contribution in [3.05, 3.63) is 35.9 Å². The first-order valence-electron chi connectivity index (χ1n) is 5.76. The summed E-state index contributed by atoms with van der Waals surface area (Å²) in [6, 6.07) is 12.0. The molecule has 1 aromatic rings. The summed E-state index contributed by atoms with van der Waals surface area (Å²) in [5.74, 6) is -0.294. The van der Waals surface area contributed by atoms with Crippen molar-refractivity contribution in [3.63, 3.8) is 0 Å². The molecule has 0 aliphatic rings. The highest BCUT2D eigenvalue weighted by molar-refractivity contribution is 5.18. The quantitative estimate of drug-likeness (QED) is 0.824. The third-order valence-electron chi connectivity index (χ3n) is 2.89. The van der Waals surface area contributed by atoms with Crippen molar-refractivity contribution in [3.8, 4) is 6.07 Å². The Morgan fingerprint density at radius 1 is 1.38 bits per heavy atom. The lowest BCUT2D eigenvalue weighted by Gasteiger charge is -2.28. The highest BCUT2D eigenvalue weighted by atomic mass is 16.3. The van der Waals surface area contributed by atoms with E-state index in [4.69, 9.17) is 5.26 Å². The lowest BCUT2D eigenvalue weighted by molar-refractivity contribution is 0.0178. The third kappa shape index (κ3) is 3.36. The average molecular weight is 217 g/mol. The van der Waals surface area contributed by atoms with Gasteiger partial charge in [0.25, 0.3) is 0 Å². The maximum atomic E-state index is 10.3. The fraction of sp³-hybridized carbons (Fsp3) is 0.500. The molecule has 2 atom stereocenters. The van der Waals surface area contributed by atoms with E-state index in [2.05, 4.69) is 6.07 Å². The van der Waals surface area contributed by atoms with Gasteiger partial charge in [0.2, 0.25) is 0 Å². The predicted molar refractivity (Wildman–Crippen MR) is 64.8 cm³/mol. The minimum Gasteiger partial charge on any atom is -0.388 e. The van der Waals surface area contributed by atoms with Crippen LogP contribution < -0.4 is 0 Å². The first-order valence-corrected chi connectivity index (χ1v) is 5.76. The second-order valence-electron chi connectivity index (χ2n) is 4.49. The number of benzene rings is 1. The van der Waals surface area contributed by atoms with Gasteiger partial charge in [0.15, 0.2) is 0 Å². The van der Waals surface area contributed by atoms with Gasteiger partial charge < -0.3 is 5.11 Å². The van der Waals surface area contributed by atoms with Crippen molar-refractivity contribution in [2.75, 3.05) is 0 Å². The van der Waals surface area contributed by atoms with Crippen LogP contribution in [0.1, 0.15) is 32.3 Å². The van der Waals surface area contributed by atoms with E-state index in [9.17, 15) is 5.11 Å². The Labute approximate surface area is 97.5 Å². The van der Waals surface area contributed by atoms with E-state index in [1.54, 1.807) is 6.92 Å². The van der Waals surface area contributed by atoms with Gasteiger partial charge in [0, 0.05) is 6.42 Å². The van der Waals surface area contributed by atoms with Crippen LogP contribution >= 0.6 is 0 Å². The molecular formula is C14H19NO. The molecule has 1 rings (SSSR count). The molecule has 1 aromatic carbocycles. The summed E-state index contributed by atoms with van der Waals surface area (Å²) in [5.41, 5.74) is 0.135. The Morgan fingerprint density at radius 3 is 2.50 bits per heavy atom. The normalized spacial score (nSPS) is 16.1. The fourth-order valence-corrected chi connectivity index (χ4v) is 1.94. The lowest BCUT2D eigenvalue weighted by Crippen LogP contribution is -2.36. The zero-order valence-corrected chi connectivity index (χ0v) is 9.98.